The van der Waals surface area contributed by atoms with E-state index < -0.39 is 0 Å². The molecule has 0 atom stereocenters. The van der Waals surface area contributed by atoms with E-state index in [1.807, 2.05) is 36.3 Å². The summed E-state index contributed by atoms with van der Waals surface area (Å²) in [6.07, 6.45) is 5.99. The first-order valence-corrected chi connectivity index (χ1v) is 9.44. The third-order valence-electron chi connectivity index (χ3n) is 5.37. The van der Waals surface area contributed by atoms with Crippen LogP contribution >= 0.6 is 0 Å². The Balaban J connectivity index is 1.64. The number of phenolic OH excluding ortho intramolecular Hbond substituents is 1. The Morgan fingerprint density at radius 3 is 2.71 bits per heavy atom. The molecule has 3 aromatic heterocycles. The molecule has 0 amide bonds. The van der Waals surface area contributed by atoms with Crippen LogP contribution in [0.25, 0.3) is 33.2 Å². The van der Waals surface area contributed by atoms with Gasteiger partial charge in [-0.3, -0.25) is 9.36 Å². The molecule has 5 rings (SSSR count). The molecule has 1 aliphatic heterocycles. The Morgan fingerprint density at radius 1 is 1.11 bits per heavy atom. The number of aromatic hydroxyl groups is 1. The van der Waals surface area contributed by atoms with Crippen LogP contribution in [0.4, 0.5) is 0 Å². The van der Waals surface area contributed by atoms with Crippen LogP contribution in [-0.2, 0) is 7.05 Å². The first-order chi connectivity index (χ1) is 13.6. The van der Waals surface area contributed by atoms with E-state index in [0.717, 1.165) is 47.9 Å². The lowest BCUT2D eigenvalue weighted by molar-refractivity contribution is 0.344. The van der Waals surface area contributed by atoms with E-state index in [1.165, 1.54) is 0 Å². The predicted octanol–water partition coefficient (Wildman–Crippen LogP) is 2.62. The van der Waals surface area contributed by atoms with Gasteiger partial charge in [-0.1, -0.05) is 0 Å². The summed E-state index contributed by atoms with van der Waals surface area (Å²) in [6.45, 7) is 1.99. The summed E-state index contributed by atoms with van der Waals surface area (Å²) in [6, 6.07) is 5.77. The molecule has 0 aliphatic carbocycles. The fourth-order valence-electron chi connectivity index (χ4n) is 3.93. The molecule has 8 nitrogen and oxygen atoms in total. The molecule has 1 aliphatic rings. The van der Waals surface area contributed by atoms with Crippen LogP contribution in [0, 0.1) is 0 Å². The molecule has 0 unspecified atom stereocenters. The van der Waals surface area contributed by atoms with Crippen molar-refractivity contribution in [2.24, 2.45) is 7.05 Å². The predicted molar refractivity (Wildman–Crippen MR) is 107 cm³/mol. The number of fused-ring (bicyclic) bond motifs is 2. The van der Waals surface area contributed by atoms with Gasteiger partial charge in [-0.15, -0.1) is 0 Å². The number of nitrogens with zero attached hydrogens (tertiary/aromatic N) is 5. The van der Waals surface area contributed by atoms with Crippen molar-refractivity contribution in [2.45, 2.75) is 18.9 Å². The van der Waals surface area contributed by atoms with Gasteiger partial charge in [-0.2, -0.15) is 10.2 Å². The van der Waals surface area contributed by atoms with E-state index in [4.69, 9.17) is 14.8 Å². The quantitative estimate of drug-likeness (QED) is 0.570. The second-order valence-electron chi connectivity index (χ2n) is 7.26. The molecule has 4 heterocycles. The van der Waals surface area contributed by atoms with Crippen molar-refractivity contribution in [1.82, 2.24) is 29.9 Å². The zero-order chi connectivity index (χ0) is 19.3. The summed E-state index contributed by atoms with van der Waals surface area (Å²) in [5.74, 6) is 0.796. The first-order valence-electron chi connectivity index (χ1n) is 9.44. The molecule has 1 aromatic carbocycles. The normalized spacial score (nSPS) is 15.5. The monoisotopic (exact) mass is 378 g/mol. The van der Waals surface area contributed by atoms with E-state index in [1.54, 1.807) is 17.9 Å². The molecule has 2 N–H and O–H groups in total. The Morgan fingerprint density at radius 2 is 1.93 bits per heavy atom. The zero-order valence-corrected chi connectivity index (χ0v) is 15.9. The largest absolute Gasteiger partial charge is 0.507 e. The highest BCUT2D eigenvalue weighted by Gasteiger charge is 2.20. The third kappa shape index (κ3) is 2.77. The number of methoxy groups -OCH3 is 1. The molecule has 0 spiro atoms. The third-order valence-corrected chi connectivity index (χ3v) is 5.37. The number of piperidine rings is 1. The number of hydrogen-bond acceptors (Lipinski definition) is 6. The lowest BCUT2D eigenvalue weighted by Gasteiger charge is -2.22. The van der Waals surface area contributed by atoms with Crippen LogP contribution in [-0.4, -0.2) is 49.9 Å². The van der Waals surface area contributed by atoms with Crippen molar-refractivity contribution in [3.8, 4) is 22.8 Å². The Kier molecular flexibility index (Phi) is 3.94. The number of ether oxygens (including phenoxy) is 1. The average Bonchev–Trinajstić information content (AvgIpc) is 3.29. The second-order valence-corrected chi connectivity index (χ2v) is 7.26. The van der Waals surface area contributed by atoms with Crippen molar-refractivity contribution in [3.05, 3.63) is 30.6 Å². The van der Waals surface area contributed by atoms with Crippen LogP contribution in [0.5, 0.6) is 11.5 Å². The van der Waals surface area contributed by atoms with E-state index in [2.05, 4.69) is 10.4 Å². The van der Waals surface area contributed by atoms with E-state index >= 15 is 0 Å². The molecule has 4 aromatic rings. The van der Waals surface area contributed by atoms with Crippen LogP contribution in [0.2, 0.25) is 0 Å². The average molecular weight is 378 g/mol. The van der Waals surface area contributed by atoms with Gasteiger partial charge in [0.25, 0.3) is 0 Å². The molecule has 144 valence electrons. The summed E-state index contributed by atoms with van der Waals surface area (Å²) in [7, 11) is 3.49. The molecule has 1 fully saturated rings. The van der Waals surface area contributed by atoms with Crippen molar-refractivity contribution >= 4 is 21.9 Å². The molecule has 8 heteroatoms. The number of nitrogens with one attached hydrogen (secondary N) is 1. The number of pyridine rings is 1. The highest BCUT2D eigenvalue weighted by atomic mass is 16.5. The summed E-state index contributed by atoms with van der Waals surface area (Å²) in [4.78, 5) is 4.78. The maximum absolute atomic E-state index is 10.6. The smallest absolute Gasteiger partial charge is 0.153 e. The zero-order valence-electron chi connectivity index (χ0n) is 15.9. The maximum atomic E-state index is 10.6. The van der Waals surface area contributed by atoms with Crippen LogP contribution in [0.3, 0.4) is 0 Å². The van der Waals surface area contributed by atoms with Gasteiger partial charge < -0.3 is 15.2 Å². The van der Waals surface area contributed by atoms with Crippen molar-refractivity contribution in [3.63, 3.8) is 0 Å². The van der Waals surface area contributed by atoms with Crippen LogP contribution in [0.1, 0.15) is 18.9 Å². The van der Waals surface area contributed by atoms with E-state index in [-0.39, 0.29) is 5.75 Å². The topological polar surface area (TPSA) is 90.0 Å². The van der Waals surface area contributed by atoms with Gasteiger partial charge in [0.15, 0.2) is 11.3 Å². The van der Waals surface area contributed by atoms with Crippen LogP contribution in [0.15, 0.2) is 30.6 Å². The summed E-state index contributed by atoms with van der Waals surface area (Å²) in [5, 5.41) is 24.0. The highest BCUT2D eigenvalue weighted by molar-refractivity contribution is 5.90. The number of rotatable bonds is 3. The molecule has 0 bridgehead atoms. The van der Waals surface area contributed by atoms with Gasteiger partial charge in [-0.25, -0.2) is 4.98 Å². The lowest BCUT2D eigenvalue weighted by Crippen LogP contribution is -2.29. The van der Waals surface area contributed by atoms with Gasteiger partial charge in [0, 0.05) is 36.3 Å². The number of phenols is 1. The summed E-state index contributed by atoms with van der Waals surface area (Å²) in [5.41, 5.74) is 3.55. The summed E-state index contributed by atoms with van der Waals surface area (Å²) >= 11 is 0. The molecule has 0 radical (unpaired) electrons. The standard InChI is InChI=1S/C20H22N6O2/c1-25-10-12-7-14(18(27)8-15(12)23-25)16-9-19(28-2)20-17(22-16)11-26(24-20)13-3-5-21-6-4-13/h7-11,13,21,27H,3-6H2,1-2H3. The van der Waals surface area contributed by atoms with Gasteiger partial charge in [0.05, 0.1) is 30.6 Å². The van der Waals surface area contributed by atoms with E-state index in [0.29, 0.717) is 23.0 Å². The van der Waals surface area contributed by atoms with Crippen molar-refractivity contribution in [1.29, 1.82) is 0 Å². The lowest BCUT2D eigenvalue weighted by atomic mass is 10.1. The molecule has 1 saturated heterocycles. The SMILES string of the molecule is COc1cc(-c2cc3cn(C)nc3cc2O)nc2cn(C3CCNCC3)nc12. The fraction of sp³-hybridized carbons (Fsp3) is 0.350. The number of benzene rings is 1. The van der Waals surface area contributed by atoms with Gasteiger partial charge >= 0.3 is 0 Å². The maximum Gasteiger partial charge on any atom is 0.153 e. The molecule has 0 saturated carbocycles. The Bertz CT molecular complexity index is 1170. The molecular weight excluding hydrogens is 356 g/mol. The minimum Gasteiger partial charge on any atom is -0.507 e. The van der Waals surface area contributed by atoms with Gasteiger partial charge in [0.2, 0.25) is 0 Å². The first kappa shape index (κ1) is 17.0. The van der Waals surface area contributed by atoms with Crippen molar-refractivity contribution in [2.75, 3.05) is 20.2 Å². The Labute approximate surface area is 161 Å². The minimum atomic E-state index is 0.144. The minimum absolute atomic E-state index is 0.144. The van der Waals surface area contributed by atoms with Crippen molar-refractivity contribution < 1.29 is 9.84 Å². The fourth-order valence-corrected chi connectivity index (χ4v) is 3.93. The van der Waals surface area contributed by atoms with E-state index in [9.17, 15) is 5.11 Å². The highest BCUT2D eigenvalue weighted by Crippen LogP contribution is 2.36. The number of aryl methyl sites for hydroxylation is 1. The van der Waals surface area contributed by atoms with Gasteiger partial charge in [-0.05, 0) is 32.0 Å². The van der Waals surface area contributed by atoms with Gasteiger partial charge in [0.1, 0.15) is 11.3 Å². The second kappa shape index (κ2) is 6.49. The number of hydrogen-bond donors (Lipinski definition) is 2. The number of aromatic nitrogens is 5. The molecular formula is C20H22N6O2. The van der Waals surface area contributed by atoms with Crippen LogP contribution < -0.4 is 10.1 Å². The summed E-state index contributed by atoms with van der Waals surface area (Å²) < 4.78 is 9.33. The Hall–Kier alpha value is -3.13. The molecule has 28 heavy (non-hydrogen) atoms.